The van der Waals surface area contributed by atoms with Crippen LogP contribution in [0.3, 0.4) is 0 Å². The Labute approximate surface area is 112 Å². The molecule has 0 radical (unpaired) electrons. The molecule has 0 bridgehead atoms. The molecule has 2 aromatic carbocycles. The highest BCUT2D eigenvalue weighted by molar-refractivity contribution is 7.92. The molecule has 0 saturated carbocycles. The molecular weight excluding hydrogens is 262 g/mol. The first-order valence-corrected chi connectivity index (χ1v) is 7.26. The molecule has 0 spiro atoms. The van der Waals surface area contributed by atoms with Crippen LogP contribution in [0, 0.1) is 13.8 Å². The van der Waals surface area contributed by atoms with Crippen molar-refractivity contribution in [1.29, 1.82) is 0 Å². The summed E-state index contributed by atoms with van der Waals surface area (Å²) in [6.07, 6.45) is 0. The van der Waals surface area contributed by atoms with Crippen molar-refractivity contribution >= 4 is 15.7 Å². The fourth-order valence-electron chi connectivity index (χ4n) is 1.78. The second kappa shape index (κ2) is 4.93. The van der Waals surface area contributed by atoms with Crippen LogP contribution in [-0.2, 0) is 10.0 Å². The molecule has 4 nitrogen and oxygen atoms in total. The molecular formula is C14H15NO3S. The molecule has 2 N–H and O–H groups in total. The number of hydrogen-bond acceptors (Lipinski definition) is 3. The molecule has 0 aromatic heterocycles. The van der Waals surface area contributed by atoms with Gasteiger partial charge in [-0.05, 0) is 43.2 Å². The lowest BCUT2D eigenvalue weighted by molar-refractivity contribution is 0.475. The van der Waals surface area contributed by atoms with Gasteiger partial charge in [0.1, 0.15) is 5.75 Å². The SMILES string of the molecule is Cc1ccc(C)c(S(=O)(=O)Nc2cccc(O)c2)c1. The van der Waals surface area contributed by atoms with Crippen LogP contribution in [0.15, 0.2) is 47.4 Å². The number of aromatic hydroxyl groups is 1. The summed E-state index contributed by atoms with van der Waals surface area (Å²) in [6, 6.07) is 11.3. The molecule has 0 heterocycles. The molecule has 0 aliphatic rings. The summed E-state index contributed by atoms with van der Waals surface area (Å²) >= 11 is 0. The topological polar surface area (TPSA) is 66.4 Å². The van der Waals surface area contributed by atoms with Gasteiger partial charge in [-0.3, -0.25) is 4.72 Å². The molecule has 100 valence electrons. The van der Waals surface area contributed by atoms with Crippen LogP contribution >= 0.6 is 0 Å². The summed E-state index contributed by atoms with van der Waals surface area (Å²) < 4.78 is 27.0. The second-order valence-corrected chi connectivity index (χ2v) is 6.08. The maximum atomic E-state index is 12.3. The highest BCUT2D eigenvalue weighted by atomic mass is 32.2. The maximum Gasteiger partial charge on any atom is 0.262 e. The van der Waals surface area contributed by atoms with Gasteiger partial charge in [-0.2, -0.15) is 0 Å². The van der Waals surface area contributed by atoms with E-state index < -0.39 is 10.0 Å². The van der Waals surface area contributed by atoms with Gasteiger partial charge in [0, 0.05) is 6.07 Å². The Balaban J connectivity index is 2.40. The van der Waals surface area contributed by atoms with Crippen LogP contribution in [0.1, 0.15) is 11.1 Å². The van der Waals surface area contributed by atoms with Gasteiger partial charge in [0.15, 0.2) is 0 Å². The highest BCUT2D eigenvalue weighted by Crippen LogP contribution is 2.22. The smallest absolute Gasteiger partial charge is 0.262 e. The molecule has 5 heteroatoms. The number of benzene rings is 2. The Kier molecular flexibility index (Phi) is 3.48. The van der Waals surface area contributed by atoms with Crippen LogP contribution in [-0.4, -0.2) is 13.5 Å². The van der Waals surface area contributed by atoms with E-state index in [1.807, 2.05) is 13.0 Å². The molecule has 0 aliphatic heterocycles. The predicted octanol–water partition coefficient (Wildman–Crippen LogP) is 2.81. The fourth-order valence-corrected chi connectivity index (χ4v) is 3.16. The summed E-state index contributed by atoms with van der Waals surface area (Å²) in [5, 5.41) is 9.34. The number of phenols is 1. The lowest BCUT2D eigenvalue weighted by atomic mass is 10.2. The van der Waals surface area contributed by atoms with Gasteiger partial charge in [0.25, 0.3) is 10.0 Å². The van der Waals surface area contributed by atoms with Crippen LogP contribution in [0.2, 0.25) is 0 Å². The number of nitrogens with one attached hydrogen (secondary N) is 1. The van der Waals surface area contributed by atoms with Crippen LogP contribution in [0.25, 0.3) is 0 Å². The normalized spacial score (nSPS) is 11.3. The fraction of sp³-hybridized carbons (Fsp3) is 0.143. The molecule has 19 heavy (non-hydrogen) atoms. The average Bonchev–Trinajstić information content (AvgIpc) is 2.31. The first-order valence-electron chi connectivity index (χ1n) is 5.77. The van der Waals surface area contributed by atoms with Crippen LogP contribution in [0.5, 0.6) is 5.75 Å². The number of rotatable bonds is 3. The van der Waals surface area contributed by atoms with E-state index in [4.69, 9.17) is 0 Å². The van der Waals surface area contributed by atoms with E-state index in [2.05, 4.69) is 4.72 Å². The highest BCUT2D eigenvalue weighted by Gasteiger charge is 2.17. The molecule has 0 fully saturated rings. The van der Waals surface area contributed by atoms with Gasteiger partial charge in [-0.15, -0.1) is 0 Å². The minimum Gasteiger partial charge on any atom is -0.508 e. The Morgan fingerprint density at radius 2 is 1.79 bits per heavy atom. The third kappa shape index (κ3) is 3.06. The largest absolute Gasteiger partial charge is 0.508 e. The summed E-state index contributed by atoms with van der Waals surface area (Å²) in [4.78, 5) is 0.246. The summed E-state index contributed by atoms with van der Waals surface area (Å²) in [5.74, 6) is 0.0150. The maximum absolute atomic E-state index is 12.3. The van der Waals surface area contributed by atoms with E-state index in [-0.39, 0.29) is 10.6 Å². The molecule has 0 saturated heterocycles. The lowest BCUT2D eigenvalue weighted by Crippen LogP contribution is -2.14. The second-order valence-electron chi connectivity index (χ2n) is 4.42. The van der Waals surface area contributed by atoms with Gasteiger partial charge in [0.05, 0.1) is 10.6 Å². The van der Waals surface area contributed by atoms with Gasteiger partial charge in [0.2, 0.25) is 0 Å². The van der Waals surface area contributed by atoms with Gasteiger partial charge >= 0.3 is 0 Å². The van der Waals surface area contributed by atoms with Crippen molar-refractivity contribution in [2.24, 2.45) is 0 Å². The summed E-state index contributed by atoms with van der Waals surface area (Å²) in [6.45, 7) is 3.59. The average molecular weight is 277 g/mol. The van der Waals surface area contributed by atoms with Gasteiger partial charge in [-0.1, -0.05) is 18.2 Å². The van der Waals surface area contributed by atoms with E-state index in [0.717, 1.165) is 5.56 Å². The Morgan fingerprint density at radius 3 is 2.47 bits per heavy atom. The summed E-state index contributed by atoms with van der Waals surface area (Å²) in [5.41, 5.74) is 1.89. The lowest BCUT2D eigenvalue weighted by Gasteiger charge is -2.11. The minimum atomic E-state index is -3.64. The zero-order chi connectivity index (χ0) is 14.0. The van der Waals surface area contributed by atoms with Gasteiger partial charge < -0.3 is 5.11 Å². The van der Waals surface area contributed by atoms with E-state index in [1.54, 1.807) is 31.2 Å². The van der Waals surface area contributed by atoms with Crippen molar-refractivity contribution in [3.63, 3.8) is 0 Å². The standard InChI is InChI=1S/C14H15NO3S/c1-10-6-7-11(2)14(8-10)19(17,18)15-12-4-3-5-13(16)9-12/h3-9,15-16H,1-2H3. The first-order chi connectivity index (χ1) is 8.88. The van der Waals surface area contributed by atoms with E-state index >= 15 is 0 Å². The summed E-state index contributed by atoms with van der Waals surface area (Å²) in [7, 11) is -3.64. The number of aryl methyl sites for hydroxylation is 2. The van der Waals surface area contributed by atoms with E-state index in [1.165, 1.54) is 12.1 Å². The quantitative estimate of drug-likeness (QED) is 0.906. The third-order valence-corrected chi connectivity index (χ3v) is 4.25. The van der Waals surface area contributed by atoms with Crippen LogP contribution in [0.4, 0.5) is 5.69 Å². The Morgan fingerprint density at radius 1 is 1.05 bits per heavy atom. The van der Waals surface area contributed by atoms with Crippen molar-refractivity contribution in [2.75, 3.05) is 4.72 Å². The van der Waals surface area contributed by atoms with Gasteiger partial charge in [-0.25, -0.2) is 8.42 Å². The molecule has 0 aliphatic carbocycles. The molecule has 2 aromatic rings. The zero-order valence-electron chi connectivity index (χ0n) is 10.7. The predicted molar refractivity (Wildman–Crippen MR) is 74.8 cm³/mol. The van der Waals surface area contributed by atoms with Crippen molar-refractivity contribution in [2.45, 2.75) is 18.7 Å². The molecule has 0 atom stereocenters. The molecule has 0 amide bonds. The third-order valence-electron chi connectivity index (χ3n) is 2.73. The number of sulfonamides is 1. The number of phenolic OH excluding ortho intramolecular Hbond substituents is 1. The minimum absolute atomic E-state index is 0.0150. The van der Waals surface area contributed by atoms with Crippen molar-refractivity contribution in [1.82, 2.24) is 0 Å². The first kappa shape index (κ1) is 13.4. The van der Waals surface area contributed by atoms with E-state index in [0.29, 0.717) is 11.3 Å². The number of hydrogen-bond donors (Lipinski definition) is 2. The van der Waals surface area contributed by atoms with E-state index in [9.17, 15) is 13.5 Å². The van der Waals surface area contributed by atoms with Crippen molar-refractivity contribution < 1.29 is 13.5 Å². The molecule has 2 rings (SSSR count). The van der Waals surface area contributed by atoms with Crippen molar-refractivity contribution in [3.8, 4) is 5.75 Å². The number of anilines is 1. The Hall–Kier alpha value is -2.01. The van der Waals surface area contributed by atoms with Crippen molar-refractivity contribution in [3.05, 3.63) is 53.6 Å². The Bertz CT molecular complexity index is 708. The molecule has 0 unspecified atom stereocenters. The zero-order valence-corrected chi connectivity index (χ0v) is 11.5. The van der Waals surface area contributed by atoms with Crippen LogP contribution < -0.4 is 4.72 Å². The monoisotopic (exact) mass is 277 g/mol.